The Bertz CT molecular complexity index is 862. The molecule has 8 heteroatoms. The smallest absolute Gasteiger partial charge is 0.407 e. The van der Waals surface area contributed by atoms with Crippen LogP contribution in [0.15, 0.2) is 42.6 Å². The molecule has 1 aromatic heterocycles. The van der Waals surface area contributed by atoms with Crippen LogP contribution in [0.5, 0.6) is 5.75 Å². The van der Waals surface area contributed by atoms with Crippen molar-refractivity contribution in [2.45, 2.75) is 32.3 Å². The molecule has 0 saturated carbocycles. The number of likely N-dealkylation sites (tertiary alicyclic amines) is 1. The molecule has 1 atom stereocenters. The summed E-state index contributed by atoms with van der Waals surface area (Å²) in [7, 11) is 0. The largest absolute Gasteiger partial charge is 0.492 e. The highest BCUT2D eigenvalue weighted by Gasteiger charge is 2.22. The van der Waals surface area contributed by atoms with Gasteiger partial charge >= 0.3 is 6.09 Å². The van der Waals surface area contributed by atoms with Crippen molar-refractivity contribution in [3.05, 3.63) is 48.2 Å². The quantitative estimate of drug-likeness (QED) is 0.597. The Kier molecular flexibility index (Phi) is 7.83. The van der Waals surface area contributed by atoms with Gasteiger partial charge < -0.3 is 25.2 Å². The molecule has 0 spiro atoms. The number of pyridine rings is 1. The van der Waals surface area contributed by atoms with Gasteiger partial charge in [0.2, 0.25) is 0 Å². The van der Waals surface area contributed by atoms with E-state index in [1.165, 1.54) is 4.90 Å². The van der Waals surface area contributed by atoms with Crippen LogP contribution in [0.2, 0.25) is 0 Å². The summed E-state index contributed by atoms with van der Waals surface area (Å²) in [6.45, 7) is 3.74. The molecule has 8 nitrogen and oxygen atoms in total. The molecule has 2 heterocycles. The highest BCUT2D eigenvalue weighted by Crippen LogP contribution is 2.22. The van der Waals surface area contributed by atoms with E-state index in [1.807, 2.05) is 31.2 Å². The summed E-state index contributed by atoms with van der Waals surface area (Å²) in [6.07, 6.45) is 2.47. The number of amides is 2. The number of hydrogen-bond acceptors (Lipinski definition) is 5. The predicted octanol–water partition coefficient (Wildman–Crippen LogP) is 3.02. The molecular weight excluding hydrogens is 398 g/mol. The maximum absolute atomic E-state index is 12.1. The van der Waals surface area contributed by atoms with Crippen LogP contribution in [0.4, 0.5) is 4.79 Å². The van der Waals surface area contributed by atoms with Gasteiger partial charge in [-0.3, -0.25) is 9.78 Å². The number of ether oxygens (including phenoxy) is 1. The van der Waals surface area contributed by atoms with Gasteiger partial charge in [-0.15, -0.1) is 0 Å². The van der Waals surface area contributed by atoms with E-state index in [4.69, 9.17) is 9.84 Å². The van der Waals surface area contributed by atoms with E-state index in [2.05, 4.69) is 10.3 Å². The molecule has 1 saturated heterocycles. The highest BCUT2D eigenvalue weighted by molar-refractivity contribution is 5.94. The minimum absolute atomic E-state index is 0.218. The SMILES string of the molecule is CCC(O)CNC(=O)c1ccc(-c2ccc(OCC3CCN(C(=O)O)CC3)cn2)cc1. The first kappa shape index (κ1) is 22.6. The summed E-state index contributed by atoms with van der Waals surface area (Å²) in [5.41, 5.74) is 2.19. The first-order valence-electron chi connectivity index (χ1n) is 10.6. The molecule has 2 aromatic rings. The van der Waals surface area contributed by atoms with E-state index in [-0.39, 0.29) is 12.5 Å². The number of benzene rings is 1. The number of nitrogens with zero attached hydrogens (tertiary/aromatic N) is 2. The first-order chi connectivity index (χ1) is 15.0. The van der Waals surface area contributed by atoms with Crippen molar-refractivity contribution in [1.82, 2.24) is 15.2 Å². The molecule has 2 amide bonds. The fourth-order valence-corrected chi connectivity index (χ4v) is 3.39. The second-order valence-electron chi connectivity index (χ2n) is 7.75. The molecule has 3 N–H and O–H groups in total. The van der Waals surface area contributed by atoms with E-state index >= 15 is 0 Å². The zero-order valence-corrected chi connectivity index (χ0v) is 17.7. The number of carbonyl (C=O) groups excluding carboxylic acids is 1. The summed E-state index contributed by atoms with van der Waals surface area (Å²) in [5.74, 6) is 0.798. The molecule has 3 rings (SSSR count). The van der Waals surface area contributed by atoms with Gasteiger partial charge in [-0.25, -0.2) is 4.79 Å². The van der Waals surface area contributed by atoms with Crippen LogP contribution in [-0.2, 0) is 0 Å². The van der Waals surface area contributed by atoms with Gasteiger partial charge in [-0.05, 0) is 49.4 Å². The van der Waals surface area contributed by atoms with Crippen LogP contribution >= 0.6 is 0 Å². The van der Waals surface area contributed by atoms with E-state index in [0.717, 1.165) is 24.1 Å². The normalized spacial score (nSPS) is 15.4. The van der Waals surface area contributed by atoms with Gasteiger partial charge in [0.15, 0.2) is 0 Å². The average molecular weight is 428 g/mol. The molecule has 0 aliphatic carbocycles. The fraction of sp³-hybridized carbons (Fsp3) is 0.435. The van der Waals surface area contributed by atoms with Gasteiger partial charge in [0, 0.05) is 30.8 Å². The van der Waals surface area contributed by atoms with Crippen molar-refractivity contribution in [1.29, 1.82) is 0 Å². The summed E-state index contributed by atoms with van der Waals surface area (Å²) in [5, 5.41) is 21.3. The summed E-state index contributed by atoms with van der Waals surface area (Å²) >= 11 is 0. The molecule has 1 unspecified atom stereocenters. The zero-order valence-electron chi connectivity index (χ0n) is 17.7. The second-order valence-corrected chi connectivity index (χ2v) is 7.75. The molecule has 0 radical (unpaired) electrons. The van der Waals surface area contributed by atoms with Crippen molar-refractivity contribution in [3.8, 4) is 17.0 Å². The van der Waals surface area contributed by atoms with Crippen molar-refractivity contribution >= 4 is 12.0 Å². The Labute approximate surface area is 181 Å². The van der Waals surface area contributed by atoms with Crippen LogP contribution < -0.4 is 10.1 Å². The Balaban J connectivity index is 1.49. The lowest BCUT2D eigenvalue weighted by Crippen LogP contribution is -2.38. The number of carbonyl (C=O) groups is 2. The van der Waals surface area contributed by atoms with Crippen LogP contribution in [0, 0.1) is 5.92 Å². The van der Waals surface area contributed by atoms with Crippen LogP contribution in [0.25, 0.3) is 11.3 Å². The number of hydrogen-bond donors (Lipinski definition) is 3. The molecule has 31 heavy (non-hydrogen) atoms. The molecule has 1 aromatic carbocycles. The third-order valence-corrected chi connectivity index (χ3v) is 5.52. The van der Waals surface area contributed by atoms with E-state index < -0.39 is 12.2 Å². The maximum Gasteiger partial charge on any atom is 0.407 e. The molecule has 0 bridgehead atoms. The number of rotatable bonds is 8. The fourth-order valence-electron chi connectivity index (χ4n) is 3.39. The van der Waals surface area contributed by atoms with Crippen molar-refractivity contribution in [3.63, 3.8) is 0 Å². The zero-order chi connectivity index (χ0) is 22.2. The first-order valence-corrected chi connectivity index (χ1v) is 10.6. The van der Waals surface area contributed by atoms with Gasteiger partial charge in [0.05, 0.1) is 24.6 Å². The number of aromatic nitrogens is 1. The lowest BCUT2D eigenvalue weighted by Gasteiger charge is -2.29. The Morgan fingerprint density at radius 1 is 1.19 bits per heavy atom. The second kappa shape index (κ2) is 10.8. The monoisotopic (exact) mass is 427 g/mol. The molecular formula is C23H29N3O5. The highest BCUT2D eigenvalue weighted by atomic mass is 16.5. The van der Waals surface area contributed by atoms with Gasteiger partial charge in [0.25, 0.3) is 5.91 Å². The Morgan fingerprint density at radius 2 is 1.90 bits per heavy atom. The standard InChI is InChI=1S/C23H29N3O5/c1-2-19(27)13-25-22(28)18-5-3-17(4-6-18)21-8-7-20(14-24-21)31-15-16-9-11-26(12-10-16)23(29)30/h3-8,14,16,19,27H,2,9-13,15H2,1H3,(H,25,28)(H,29,30). The minimum Gasteiger partial charge on any atom is -0.492 e. The molecule has 1 aliphatic heterocycles. The van der Waals surface area contributed by atoms with Crippen LogP contribution in [-0.4, -0.2) is 64.4 Å². The number of aliphatic hydroxyl groups excluding tert-OH is 1. The molecule has 166 valence electrons. The van der Waals surface area contributed by atoms with Gasteiger partial charge in [-0.2, -0.15) is 0 Å². The number of carboxylic acid groups (broad SMARTS) is 1. The van der Waals surface area contributed by atoms with Crippen LogP contribution in [0.1, 0.15) is 36.5 Å². The summed E-state index contributed by atoms with van der Waals surface area (Å²) in [6, 6.07) is 10.9. The minimum atomic E-state index is -0.858. The average Bonchev–Trinajstić information content (AvgIpc) is 2.81. The number of piperidine rings is 1. The summed E-state index contributed by atoms with van der Waals surface area (Å²) in [4.78, 5) is 29.0. The van der Waals surface area contributed by atoms with E-state index in [0.29, 0.717) is 43.3 Å². The van der Waals surface area contributed by atoms with Gasteiger partial charge in [-0.1, -0.05) is 19.1 Å². The van der Waals surface area contributed by atoms with E-state index in [1.54, 1.807) is 18.3 Å². The summed E-state index contributed by atoms with van der Waals surface area (Å²) < 4.78 is 5.84. The lowest BCUT2D eigenvalue weighted by atomic mass is 9.98. The van der Waals surface area contributed by atoms with Crippen molar-refractivity contribution in [2.75, 3.05) is 26.2 Å². The lowest BCUT2D eigenvalue weighted by molar-refractivity contribution is 0.0913. The third-order valence-electron chi connectivity index (χ3n) is 5.52. The van der Waals surface area contributed by atoms with Crippen LogP contribution in [0.3, 0.4) is 0 Å². The number of aliphatic hydroxyl groups is 1. The van der Waals surface area contributed by atoms with Gasteiger partial charge in [0.1, 0.15) is 5.75 Å². The predicted molar refractivity (Wildman–Crippen MR) is 116 cm³/mol. The molecule has 1 fully saturated rings. The van der Waals surface area contributed by atoms with Crippen molar-refractivity contribution < 1.29 is 24.5 Å². The molecule has 1 aliphatic rings. The Morgan fingerprint density at radius 3 is 2.48 bits per heavy atom. The Hall–Kier alpha value is -3.13. The maximum atomic E-state index is 12.1. The van der Waals surface area contributed by atoms with E-state index in [9.17, 15) is 14.7 Å². The van der Waals surface area contributed by atoms with Crippen molar-refractivity contribution in [2.24, 2.45) is 5.92 Å². The topological polar surface area (TPSA) is 112 Å². The number of nitrogens with one attached hydrogen (secondary N) is 1. The third kappa shape index (κ3) is 6.42.